The number of nitrogens with zero attached hydrogens (tertiary/aromatic N) is 1. The minimum atomic E-state index is 0.196. The Morgan fingerprint density at radius 2 is 1.95 bits per heavy atom. The highest BCUT2D eigenvalue weighted by atomic mass is 32.2. The van der Waals surface area contributed by atoms with Gasteiger partial charge in [-0.25, -0.2) is 0 Å². The Bertz CT molecular complexity index is 413. The van der Waals surface area contributed by atoms with Crippen LogP contribution in [-0.2, 0) is 4.74 Å². The van der Waals surface area contributed by atoms with E-state index in [-0.39, 0.29) is 5.78 Å². The van der Waals surface area contributed by atoms with Crippen LogP contribution in [-0.4, -0.2) is 49.8 Å². The largest absolute Gasteiger partial charge is 0.381 e. The van der Waals surface area contributed by atoms with E-state index < -0.39 is 0 Å². The standard InChI is InChI=1S/C15H21NO2S/c1-16(13-7-9-18-10-8-13)11-15(17)12-3-5-14(19-2)6-4-12/h3-6,13H,7-11H2,1-2H3. The molecule has 0 unspecified atom stereocenters. The summed E-state index contributed by atoms with van der Waals surface area (Å²) < 4.78 is 5.35. The average Bonchev–Trinajstić information content (AvgIpc) is 2.48. The highest BCUT2D eigenvalue weighted by Gasteiger charge is 2.20. The summed E-state index contributed by atoms with van der Waals surface area (Å²) in [5.41, 5.74) is 0.803. The van der Waals surface area contributed by atoms with Gasteiger partial charge in [-0.1, -0.05) is 12.1 Å². The number of thioether (sulfide) groups is 1. The van der Waals surface area contributed by atoms with Crippen molar-refractivity contribution in [3.63, 3.8) is 0 Å². The first-order valence-corrected chi connectivity index (χ1v) is 7.88. The van der Waals surface area contributed by atoms with Gasteiger partial charge in [0.25, 0.3) is 0 Å². The van der Waals surface area contributed by atoms with Gasteiger partial charge in [0.05, 0.1) is 6.54 Å². The zero-order valence-electron chi connectivity index (χ0n) is 11.6. The molecule has 1 aliphatic heterocycles. The number of carbonyl (C=O) groups excluding carboxylic acids is 1. The molecule has 1 saturated heterocycles. The SMILES string of the molecule is CSc1ccc(C(=O)CN(C)C2CCOCC2)cc1. The summed E-state index contributed by atoms with van der Waals surface area (Å²) in [5.74, 6) is 0.196. The number of carbonyl (C=O) groups is 1. The molecule has 1 heterocycles. The number of likely N-dealkylation sites (N-methyl/N-ethyl adjacent to an activating group) is 1. The van der Waals surface area contributed by atoms with Crippen LogP contribution in [0.4, 0.5) is 0 Å². The van der Waals surface area contributed by atoms with Crippen LogP contribution in [0, 0.1) is 0 Å². The van der Waals surface area contributed by atoms with Gasteiger partial charge in [-0.05, 0) is 38.3 Å². The van der Waals surface area contributed by atoms with Crippen LogP contribution < -0.4 is 0 Å². The molecule has 0 N–H and O–H groups in total. The predicted octanol–water partition coefficient (Wildman–Crippen LogP) is 2.70. The molecule has 1 aromatic carbocycles. The smallest absolute Gasteiger partial charge is 0.176 e. The average molecular weight is 279 g/mol. The fourth-order valence-electron chi connectivity index (χ4n) is 2.35. The second-order valence-electron chi connectivity index (χ2n) is 4.91. The number of Topliss-reactive ketones (excluding diaryl/α,β-unsaturated/α-hetero) is 1. The summed E-state index contributed by atoms with van der Waals surface area (Å²) in [7, 11) is 2.03. The Morgan fingerprint density at radius 3 is 2.53 bits per heavy atom. The predicted molar refractivity (Wildman–Crippen MR) is 79.0 cm³/mol. The van der Waals surface area contributed by atoms with Crippen LogP contribution in [0.15, 0.2) is 29.2 Å². The quantitative estimate of drug-likeness (QED) is 0.612. The van der Waals surface area contributed by atoms with Crippen LogP contribution in [0.1, 0.15) is 23.2 Å². The van der Waals surface area contributed by atoms with Crippen LogP contribution in [0.2, 0.25) is 0 Å². The van der Waals surface area contributed by atoms with E-state index in [1.165, 1.54) is 4.90 Å². The van der Waals surface area contributed by atoms with E-state index >= 15 is 0 Å². The molecule has 0 atom stereocenters. The molecule has 0 radical (unpaired) electrons. The number of hydrogen-bond acceptors (Lipinski definition) is 4. The van der Waals surface area contributed by atoms with Crippen molar-refractivity contribution >= 4 is 17.5 Å². The Balaban J connectivity index is 1.91. The van der Waals surface area contributed by atoms with Crippen molar-refractivity contribution in [3.05, 3.63) is 29.8 Å². The first-order valence-electron chi connectivity index (χ1n) is 6.66. The summed E-state index contributed by atoms with van der Waals surface area (Å²) in [6, 6.07) is 8.33. The van der Waals surface area contributed by atoms with Crippen molar-refractivity contribution in [2.45, 2.75) is 23.8 Å². The first kappa shape index (κ1) is 14.6. The van der Waals surface area contributed by atoms with Crippen molar-refractivity contribution in [1.82, 2.24) is 4.90 Å². The molecule has 0 bridgehead atoms. The third-order valence-corrected chi connectivity index (χ3v) is 4.36. The van der Waals surface area contributed by atoms with Crippen LogP contribution >= 0.6 is 11.8 Å². The van der Waals surface area contributed by atoms with Crippen LogP contribution in [0.5, 0.6) is 0 Å². The van der Waals surface area contributed by atoms with Gasteiger partial charge in [0, 0.05) is 29.7 Å². The van der Waals surface area contributed by atoms with Crippen molar-refractivity contribution in [2.24, 2.45) is 0 Å². The maximum atomic E-state index is 12.2. The summed E-state index contributed by atoms with van der Waals surface area (Å²) in [5, 5.41) is 0. The zero-order valence-corrected chi connectivity index (χ0v) is 12.4. The van der Waals surface area contributed by atoms with E-state index in [0.29, 0.717) is 12.6 Å². The summed E-state index contributed by atoms with van der Waals surface area (Å²) in [6.45, 7) is 2.11. The molecule has 0 amide bonds. The molecule has 1 aromatic rings. The van der Waals surface area contributed by atoms with Gasteiger partial charge in [-0.2, -0.15) is 0 Å². The molecule has 4 heteroatoms. The van der Waals surface area contributed by atoms with Crippen LogP contribution in [0.25, 0.3) is 0 Å². The number of ketones is 1. The van der Waals surface area contributed by atoms with Crippen molar-refractivity contribution < 1.29 is 9.53 Å². The highest BCUT2D eigenvalue weighted by molar-refractivity contribution is 7.98. The molecular weight excluding hydrogens is 258 g/mol. The molecule has 104 valence electrons. The molecule has 0 aliphatic carbocycles. The van der Waals surface area contributed by atoms with E-state index in [1.807, 2.05) is 37.6 Å². The fraction of sp³-hybridized carbons (Fsp3) is 0.533. The molecule has 19 heavy (non-hydrogen) atoms. The number of rotatable bonds is 5. The van der Waals surface area contributed by atoms with Gasteiger partial charge in [0.1, 0.15) is 0 Å². The van der Waals surface area contributed by atoms with E-state index in [4.69, 9.17) is 4.74 Å². The summed E-state index contributed by atoms with van der Waals surface area (Å²) in [4.78, 5) is 15.6. The van der Waals surface area contributed by atoms with Crippen molar-refractivity contribution in [3.8, 4) is 0 Å². The molecule has 1 aliphatic rings. The minimum absolute atomic E-state index is 0.196. The van der Waals surface area contributed by atoms with Gasteiger partial charge in [0.2, 0.25) is 0 Å². The van der Waals surface area contributed by atoms with Gasteiger partial charge >= 0.3 is 0 Å². The Kier molecular flexibility index (Phi) is 5.43. The van der Waals surface area contributed by atoms with Crippen LogP contribution in [0.3, 0.4) is 0 Å². The number of benzene rings is 1. The van der Waals surface area contributed by atoms with E-state index in [0.717, 1.165) is 31.6 Å². The molecule has 2 rings (SSSR count). The molecule has 3 nitrogen and oxygen atoms in total. The lowest BCUT2D eigenvalue weighted by Gasteiger charge is -2.30. The van der Waals surface area contributed by atoms with E-state index in [2.05, 4.69) is 4.90 Å². The third-order valence-electron chi connectivity index (χ3n) is 3.62. The topological polar surface area (TPSA) is 29.5 Å². The fourth-order valence-corrected chi connectivity index (χ4v) is 2.76. The second-order valence-corrected chi connectivity index (χ2v) is 5.79. The van der Waals surface area contributed by atoms with Gasteiger partial charge in [-0.3, -0.25) is 9.69 Å². The maximum Gasteiger partial charge on any atom is 0.176 e. The van der Waals surface area contributed by atoms with Crippen molar-refractivity contribution in [2.75, 3.05) is 33.1 Å². The third kappa shape index (κ3) is 4.06. The zero-order chi connectivity index (χ0) is 13.7. The van der Waals surface area contributed by atoms with Crippen molar-refractivity contribution in [1.29, 1.82) is 0 Å². The molecular formula is C15H21NO2S. The molecule has 1 fully saturated rings. The Morgan fingerprint density at radius 1 is 1.32 bits per heavy atom. The molecule has 0 saturated carbocycles. The lowest BCUT2D eigenvalue weighted by molar-refractivity contribution is 0.0418. The lowest BCUT2D eigenvalue weighted by Crippen LogP contribution is -2.39. The Labute approximate surface area is 119 Å². The maximum absolute atomic E-state index is 12.2. The lowest BCUT2D eigenvalue weighted by atomic mass is 10.1. The van der Waals surface area contributed by atoms with Gasteiger partial charge in [0.15, 0.2) is 5.78 Å². The van der Waals surface area contributed by atoms with Gasteiger partial charge in [-0.15, -0.1) is 11.8 Å². The Hall–Kier alpha value is -0.840. The van der Waals surface area contributed by atoms with E-state index in [1.54, 1.807) is 11.8 Å². The monoisotopic (exact) mass is 279 g/mol. The second kappa shape index (κ2) is 7.08. The minimum Gasteiger partial charge on any atom is -0.381 e. The summed E-state index contributed by atoms with van der Waals surface area (Å²) in [6.07, 6.45) is 4.08. The van der Waals surface area contributed by atoms with E-state index in [9.17, 15) is 4.79 Å². The molecule has 0 spiro atoms. The molecule has 0 aromatic heterocycles. The number of ether oxygens (including phenoxy) is 1. The number of hydrogen-bond donors (Lipinski definition) is 0. The normalized spacial score (nSPS) is 16.8. The van der Waals surface area contributed by atoms with Gasteiger partial charge < -0.3 is 4.74 Å². The summed E-state index contributed by atoms with van der Waals surface area (Å²) >= 11 is 1.69. The highest BCUT2D eigenvalue weighted by Crippen LogP contribution is 2.16. The first-order chi connectivity index (χ1) is 9.20.